The maximum atomic E-state index is 11.5. The van der Waals surface area contributed by atoms with E-state index in [0.717, 1.165) is 6.07 Å². The molecular weight excluding hydrogens is 358 g/mol. The molecule has 1 aliphatic carbocycles. The van der Waals surface area contributed by atoms with Gasteiger partial charge in [-0.3, -0.25) is 30.3 Å². The Morgan fingerprint density at radius 1 is 0.926 bits per heavy atom. The molecule has 0 saturated heterocycles. The smallest absolute Gasteiger partial charge is 0.258 e. The van der Waals surface area contributed by atoms with Crippen LogP contribution < -0.4 is 0 Å². The number of hydrogen-bond donors (Lipinski definition) is 0. The molecule has 0 N–H and O–H groups in total. The molecule has 1 aliphatic rings. The SMILES string of the molecule is N#CC(C#N)c1c([N+](=O)[O-])cc([N+](=O)[O-])c2c1Cc1cc([N+](=O)[O-])ccc1-2. The number of benzene rings is 2. The van der Waals surface area contributed by atoms with Crippen molar-refractivity contribution >= 4 is 17.1 Å². The molecule has 0 unspecified atom stereocenters. The van der Waals surface area contributed by atoms with E-state index in [1.54, 1.807) is 12.1 Å². The van der Waals surface area contributed by atoms with Crippen LogP contribution in [0, 0.1) is 53.0 Å². The van der Waals surface area contributed by atoms with Crippen molar-refractivity contribution in [3.8, 4) is 23.3 Å². The Labute approximate surface area is 150 Å². The molecule has 2 aromatic rings. The molecule has 11 heteroatoms. The third-order valence-corrected chi connectivity index (χ3v) is 4.31. The fourth-order valence-electron chi connectivity index (χ4n) is 3.26. The molecule has 0 atom stereocenters. The van der Waals surface area contributed by atoms with Gasteiger partial charge >= 0.3 is 0 Å². The first kappa shape index (κ1) is 17.4. The van der Waals surface area contributed by atoms with Gasteiger partial charge in [0.15, 0.2) is 5.92 Å². The average Bonchev–Trinajstić information content (AvgIpc) is 3.00. The van der Waals surface area contributed by atoms with Crippen molar-refractivity contribution < 1.29 is 14.8 Å². The van der Waals surface area contributed by atoms with Crippen LogP contribution in [0.25, 0.3) is 11.1 Å². The van der Waals surface area contributed by atoms with Crippen molar-refractivity contribution in [2.24, 2.45) is 0 Å². The molecule has 0 aliphatic heterocycles. The van der Waals surface area contributed by atoms with E-state index in [9.17, 15) is 40.9 Å². The van der Waals surface area contributed by atoms with Crippen molar-refractivity contribution in [2.75, 3.05) is 0 Å². The highest BCUT2D eigenvalue weighted by Crippen LogP contribution is 2.49. The van der Waals surface area contributed by atoms with Gasteiger partial charge in [-0.05, 0) is 29.2 Å². The van der Waals surface area contributed by atoms with Crippen LogP contribution in [-0.2, 0) is 6.42 Å². The predicted molar refractivity (Wildman–Crippen MR) is 88.6 cm³/mol. The lowest BCUT2D eigenvalue weighted by molar-refractivity contribution is -0.394. The molecule has 0 spiro atoms. The van der Waals surface area contributed by atoms with Crippen LogP contribution in [0.3, 0.4) is 0 Å². The first-order valence-electron chi connectivity index (χ1n) is 7.35. The Kier molecular flexibility index (Phi) is 3.98. The van der Waals surface area contributed by atoms with E-state index in [4.69, 9.17) is 0 Å². The second-order valence-corrected chi connectivity index (χ2v) is 5.66. The maximum Gasteiger partial charge on any atom is 0.284 e. The summed E-state index contributed by atoms with van der Waals surface area (Å²) in [6.07, 6.45) is -0.0932. The fraction of sp³-hybridized carbons (Fsp3) is 0.125. The van der Waals surface area contributed by atoms with E-state index < -0.39 is 32.1 Å². The summed E-state index contributed by atoms with van der Waals surface area (Å²) in [5.74, 6) is -1.51. The van der Waals surface area contributed by atoms with E-state index in [1.165, 1.54) is 18.2 Å². The van der Waals surface area contributed by atoms with E-state index in [2.05, 4.69) is 0 Å². The van der Waals surface area contributed by atoms with Gasteiger partial charge in [0.2, 0.25) is 0 Å². The molecule has 11 nitrogen and oxygen atoms in total. The highest BCUT2D eigenvalue weighted by Gasteiger charge is 2.38. The van der Waals surface area contributed by atoms with Gasteiger partial charge in [-0.1, -0.05) is 0 Å². The normalized spacial score (nSPS) is 11.2. The van der Waals surface area contributed by atoms with Crippen LogP contribution in [0.4, 0.5) is 17.1 Å². The molecule has 0 fully saturated rings. The van der Waals surface area contributed by atoms with Gasteiger partial charge in [0.25, 0.3) is 17.1 Å². The first-order valence-corrected chi connectivity index (χ1v) is 7.35. The van der Waals surface area contributed by atoms with Crippen LogP contribution >= 0.6 is 0 Å². The highest BCUT2D eigenvalue weighted by molar-refractivity contribution is 5.88. The fourth-order valence-corrected chi connectivity index (χ4v) is 3.26. The molecule has 0 saturated carbocycles. The molecule has 0 heterocycles. The summed E-state index contributed by atoms with van der Waals surface area (Å²) in [4.78, 5) is 31.6. The van der Waals surface area contributed by atoms with Gasteiger partial charge in [0, 0.05) is 12.1 Å². The van der Waals surface area contributed by atoms with Crippen LogP contribution in [-0.4, -0.2) is 14.8 Å². The van der Waals surface area contributed by atoms with Crippen molar-refractivity contribution in [3.63, 3.8) is 0 Å². The second-order valence-electron chi connectivity index (χ2n) is 5.66. The second kappa shape index (κ2) is 6.16. The number of fused-ring (bicyclic) bond motifs is 3. The first-order chi connectivity index (χ1) is 12.8. The summed E-state index contributed by atoms with van der Waals surface area (Å²) in [5, 5.41) is 52.3. The van der Waals surface area contributed by atoms with E-state index in [-0.39, 0.29) is 28.8 Å². The lowest BCUT2D eigenvalue weighted by atomic mass is 9.90. The monoisotopic (exact) mass is 365 g/mol. The van der Waals surface area contributed by atoms with E-state index in [1.807, 2.05) is 0 Å². The minimum absolute atomic E-state index is 0.0426. The molecule has 27 heavy (non-hydrogen) atoms. The number of nitrogens with zero attached hydrogens (tertiary/aromatic N) is 5. The molecule has 3 rings (SSSR count). The van der Waals surface area contributed by atoms with Gasteiger partial charge in [0.1, 0.15) is 0 Å². The lowest BCUT2D eigenvalue weighted by Gasteiger charge is -2.10. The molecule has 2 aromatic carbocycles. The summed E-state index contributed by atoms with van der Waals surface area (Å²) in [5.41, 5.74) is -0.896. The Balaban J connectivity index is 2.41. The number of nitriles is 2. The molecular formula is C16H7N5O6. The highest BCUT2D eigenvalue weighted by atomic mass is 16.6. The minimum atomic E-state index is -1.51. The van der Waals surface area contributed by atoms with E-state index in [0.29, 0.717) is 11.1 Å². The third kappa shape index (κ3) is 2.60. The summed E-state index contributed by atoms with van der Waals surface area (Å²) in [6.45, 7) is 0. The van der Waals surface area contributed by atoms with Crippen LogP contribution in [0.5, 0.6) is 0 Å². The minimum Gasteiger partial charge on any atom is -0.258 e. The van der Waals surface area contributed by atoms with Gasteiger partial charge in [0.05, 0.1) is 44.1 Å². The summed E-state index contributed by atoms with van der Waals surface area (Å²) < 4.78 is 0. The predicted octanol–water partition coefficient (Wildman–Crippen LogP) is 3.11. The zero-order valence-electron chi connectivity index (χ0n) is 13.3. The van der Waals surface area contributed by atoms with Gasteiger partial charge < -0.3 is 0 Å². The molecule has 132 valence electrons. The average molecular weight is 365 g/mol. The van der Waals surface area contributed by atoms with E-state index >= 15 is 0 Å². The molecule has 0 radical (unpaired) electrons. The quantitative estimate of drug-likeness (QED) is 0.499. The summed E-state index contributed by atoms with van der Waals surface area (Å²) in [6, 6.07) is 7.76. The molecule has 0 amide bonds. The zero-order valence-corrected chi connectivity index (χ0v) is 13.3. The molecule has 0 aromatic heterocycles. The van der Waals surface area contributed by atoms with Crippen molar-refractivity contribution in [1.82, 2.24) is 0 Å². The van der Waals surface area contributed by atoms with Crippen LogP contribution in [0.2, 0.25) is 0 Å². The Morgan fingerprint density at radius 2 is 1.56 bits per heavy atom. The number of nitro groups is 3. The van der Waals surface area contributed by atoms with Gasteiger partial charge in [-0.15, -0.1) is 0 Å². The maximum absolute atomic E-state index is 11.5. The van der Waals surface area contributed by atoms with Crippen molar-refractivity contribution in [2.45, 2.75) is 12.3 Å². The lowest BCUT2D eigenvalue weighted by Crippen LogP contribution is -2.06. The standard InChI is InChI=1S/C16H7N5O6/c17-6-9(7-18)15-12-4-8-3-10(19(22)23)1-2-11(8)16(12)14(21(26)27)5-13(15)20(24)25/h1-3,5,9H,4H2. The number of rotatable bonds is 4. The van der Waals surface area contributed by atoms with Crippen molar-refractivity contribution in [3.05, 3.63) is 71.3 Å². The Bertz CT molecular complexity index is 1110. The largest absolute Gasteiger partial charge is 0.284 e. The number of hydrogen-bond acceptors (Lipinski definition) is 8. The van der Waals surface area contributed by atoms with Crippen molar-refractivity contribution in [1.29, 1.82) is 10.5 Å². The summed E-state index contributed by atoms with van der Waals surface area (Å²) >= 11 is 0. The zero-order chi connectivity index (χ0) is 19.9. The molecule has 0 bridgehead atoms. The summed E-state index contributed by atoms with van der Waals surface area (Å²) in [7, 11) is 0. The van der Waals surface area contributed by atoms with Crippen LogP contribution in [0.1, 0.15) is 22.6 Å². The topological polar surface area (TPSA) is 177 Å². The number of non-ortho nitro benzene ring substituents is 1. The van der Waals surface area contributed by atoms with Gasteiger partial charge in [-0.25, -0.2) is 0 Å². The third-order valence-electron chi connectivity index (χ3n) is 4.31. The van der Waals surface area contributed by atoms with Gasteiger partial charge in [-0.2, -0.15) is 10.5 Å². The van der Waals surface area contributed by atoms with Crippen LogP contribution in [0.15, 0.2) is 24.3 Å². The number of nitro benzene ring substituents is 3. The Morgan fingerprint density at radius 3 is 2.07 bits per heavy atom. The Hall–Kier alpha value is -4.38.